The van der Waals surface area contributed by atoms with Gasteiger partial charge < -0.3 is 5.32 Å². The second-order valence-electron chi connectivity index (χ2n) is 5.38. The Morgan fingerprint density at radius 1 is 0.963 bits per heavy atom. The molecule has 0 radical (unpaired) electrons. The van der Waals surface area contributed by atoms with Crippen LogP contribution in [0, 0.1) is 29.1 Å². The van der Waals surface area contributed by atoms with Gasteiger partial charge in [-0.2, -0.15) is 5.10 Å². The Bertz CT molecular complexity index is 1010. The molecule has 0 aliphatic heterocycles. The molecule has 0 saturated carbocycles. The van der Waals surface area contributed by atoms with Gasteiger partial charge in [0.1, 0.15) is 0 Å². The Morgan fingerprint density at radius 3 is 2.19 bits per heavy atom. The standard InChI is InChI=1S/C17H9BrF5N3O/c18-10-4-2-1-3-8(10)17(27)24-11-5-6-26(25-11)7-9-12(19)14(21)16(23)15(22)13(9)20/h1-6H,7H2,(H,24,25,27). The minimum absolute atomic E-state index is 0.0413. The number of halogens is 6. The van der Waals surface area contributed by atoms with Crippen molar-refractivity contribution in [3.05, 3.63) is 81.2 Å². The van der Waals surface area contributed by atoms with Gasteiger partial charge >= 0.3 is 0 Å². The number of benzene rings is 2. The molecule has 0 atom stereocenters. The number of hydrogen-bond donors (Lipinski definition) is 1. The number of nitrogens with one attached hydrogen (secondary N) is 1. The summed E-state index contributed by atoms with van der Waals surface area (Å²) in [7, 11) is 0. The third-order valence-corrected chi connectivity index (χ3v) is 4.31. The summed E-state index contributed by atoms with van der Waals surface area (Å²) in [4.78, 5) is 12.2. The first-order valence-corrected chi connectivity index (χ1v) is 8.18. The number of carbonyl (C=O) groups excluding carboxylic acids is 1. The summed E-state index contributed by atoms with van der Waals surface area (Å²) >= 11 is 3.22. The van der Waals surface area contributed by atoms with Crippen LogP contribution in [0.25, 0.3) is 0 Å². The van der Waals surface area contributed by atoms with E-state index in [1.165, 1.54) is 12.3 Å². The number of rotatable bonds is 4. The lowest BCUT2D eigenvalue weighted by atomic mass is 10.1. The monoisotopic (exact) mass is 445 g/mol. The Hall–Kier alpha value is -2.75. The van der Waals surface area contributed by atoms with Crippen molar-refractivity contribution in [1.82, 2.24) is 9.78 Å². The lowest BCUT2D eigenvalue weighted by Gasteiger charge is -2.08. The summed E-state index contributed by atoms with van der Waals surface area (Å²) < 4.78 is 68.5. The van der Waals surface area contributed by atoms with E-state index in [-0.39, 0.29) is 5.82 Å². The maximum atomic E-state index is 13.7. The highest BCUT2D eigenvalue weighted by molar-refractivity contribution is 9.10. The van der Waals surface area contributed by atoms with E-state index >= 15 is 0 Å². The fraction of sp³-hybridized carbons (Fsp3) is 0.0588. The Labute approximate surface area is 157 Å². The van der Waals surface area contributed by atoms with Gasteiger partial charge in [0.25, 0.3) is 5.91 Å². The van der Waals surface area contributed by atoms with E-state index in [1.54, 1.807) is 24.3 Å². The normalized spacial score (nSPS) is 10.9. The molecule has 0 aliphatic carbocycles. The maximum Gasteiger partial charge on any atom is 0.258 e. The van der Waals surface area contributed by atoms with Crippen molar-refractivity contribution in [1.29, 1.82) is 0 Å². The molecule has 1 amide bonds. The van der Waals surface area contributed by atoms with Crippen molar-refractivity contribution in [3.8, 4) is 0 Å². The van der Waals surface area contributed by atoms with Gasteiger partial charge in [-0.05, 0) is 28.1 Å². The van der Waals surface area contributed by atoms with Crippen LogP contribution in [0.1, 0.15) is 15.9 Å². The van der Waals surface area contributed by atoms with E-state index in [0.717, 1.165) is 4.68 Å². The van der Waals surface area contributed by atoms with Gasteiger partial charge in [0.15, 0.2) is 29.1 Å². The highest BCUT2D eigenvalue weighted by atomic mass is 79.9. The molecule has 2 aromatic carbocycles. The van der Waals surface area contributed by atoms with E-state index in [9.17, 15) is 26.7 Å². The van der Waals surface area contributed by atoms with Crippen LogP contribution in [-0.2, 0) is 6.54 Å². The second-order valence-corrected chi connectivity index (χ2v) is 6.24. The lowest BCUT2D eigenvalue weighted by Crippen LogP contribution is -2.14. The first kappa shape index (κ1) is 19.0. The molecule has 0 bridgehead atoms. The Morgan fingerprint density at radius 2 is 1.56 bits per heavy atom. The summed E-state index contributed by atoms with van der Waals surface area (Å²) in [5, 5.41) is 6.33. The number of amides is 1. The van der Waals surface area contributed by atoms with Crippen LogP contribution in [0.5, 0.6) is 0 Å². The summed E-state index contributed by atoms with van der Waals surface area (Å²) in [5.41, 5.74) is -0.704. The van der Waals surface area contributed by atoms with Crippen molar-refractivity contribution >= 4 is 27.7 Å². The molecule has 140 valence electrons. The fourth-order valence-corrected chi connectivity index (χ4v) is 2.76. The van der Waals surface area contributed by atoms with E-state index in [1.807, 2.05) is 0 Å². The van der Waals surface area contributed by atoms with Gasteiger partial charge in [0, 0.05) is 16.7 Å². The Balaban J connectivity index is 1.82. The molecule has 3 aromatic rings. The zero-order valence-electron chi connectivity index (χ0n) is 13.2. The lowest BCUT2D eigenvalue weighted by molar-refractivity contribution is 0.102. The highest BCUT2D eigenvalue weighted by Gasteiger charge is 2.26. The van der Waals surface area contributed by atoms with Crippen LogP contribution in [0.2, 0.25) is 0 Å². The zero-order valence-corrected chi connectivity index (χ0v) is 14.8. The molecule has 0 aliphatic rings. The molecular weight excluding hydrogens is 437 g/mol. The average Bonchev–Trinajstić information content (AvgIpc) is 3.09. The molecule has 0 spiro atoms. The van der Waals surface area contributed by atoms with Crippen molar-refractivity contribution in [2.75, 3.05) is 5.32 Å². The van der Waals surface area contributed by atoms with Crippen molar-refractivity contribution in [3.63, 3.8) is 0 Å². The van der Waals surface area contributed by atoms with Crippen molar-refractivity contribution in [2.24, 2.45) is 0 Å². The van der Waals surface area contributed by atoms with Crippen LogP contribution in [0.15, 0.2) is 41.0 Å². The van der Waals surface area contributed by atoms with Crippen LogP contribution in [0.4, 0.5) is 27.8 Å². The smallest absolute Gasteiger partial charge is 0.258 e. The van der Waals surface area contributed by atoms with E-state index in [0.29, 0.717) is 10.0 Å². The molecule has 0 fully saturated rings. The molecule has 3 rings (SSSR count). The van der Waals surface area contributed by atoms with Gasteiger partial charge in [0.05, 0.1) is 17.7 Å². The number of carbonyl (C=O) groups is 1. The molecule has 0 unspecified atom stereocenters. The number of aromatic nitrogens is 2. The predicted octanol–water partition coefficient (Wildman–Crippen LogP) is 4.64. The summed E-state index contributed by atoms with van der Waals surface area (Å²) in [6.07, 6.45) is 1.23. The molecule has 27 heavy (non-hydrogen) atoms. The topological polar surface area (TPSA) is 46.9 Å². The minimum Gasteiger partial charge on any atom is -0.305 e. The van der Waals surface area contributed by atoms with E-state index in [4.69, 9.17) is 0 Å². The van der Waals surface area contributed by atoms with Gasteiger partial charge in [-0.1, -0.05) is 12.1 Å². The van der Waals surface area contributed by atoms with Crippen molar-refractivity contribution in [2.45, 2.75) is 6.54 Å². The first-order chi connectivity index (χ1) is 12.8. The van der Waals surface area contributed by atoms with Crippen molar-refractivity contribution < 1.29 is 26.7 Å². The molecule has 10 heteroatoms. The molecule has 4 nitrogen and oxygen atoms in total. The van der Waals surface area contributed by atoms with Gasteiger partial charge in [0.2, 0.25) is 5.82 Å². The second kappa shape index (κ2) is 7.47. The quantitative estimate of drug-likeness (QED) is 0.361. The molecular formula is C17H9BrF5N3O. The molecule has 1 heterocycles. The van der Waals surface area contributed by atoms with Crippen LogP contribution >= 0.6 is 15.9 Å². The van der Waals surface area contributed by atoms with Gasteiger partial charge in [-0.15, -0.1) is 0 Å². The summed E-state index contributed by atoms with van der Waals surface area (Å²) in [6.45, 7) is -0.712. The number of anilines is 1. The van der Waals surface area contributed by atoms with Crippen LogP contribution < -0.4 is 5.32 Å². The Kier molecular flexibility index (Phi) is 5.26. The average molecular weight is 446 g/mol. The maximum absolute atomic E-state index is 13.7. The molecule has 1 aromatic heterocycles. The van der Waals surface area contributed by atoms with Crippen LogP contribution in [0.3, 0.4) is 0 Å². The minimum atomic E-state index is -2.23. The fourth-order valence-electron chi connectivity index (χ4n) is 2.30. The molecule has 1 N–H and O–H groups in total. The molecule has 0 saturated heterocycles. The largest absolute Gasteiger partial charge is 0.305 e. The first-order valence-electron chi connectivity index (χ1n) is 7.39. The highest BCUT2D eigenvalue weighted by Crippen LogP contribution is 2.24. The SMILES string of the molecule is O=C(Nc1ccn(Cc2c(F)c(F)c(F)c(F)c2F)n1)c1ccccc1Br. The number of hydrogen-bond acceptors (Lipinski definition) is 2. The number of nitrogens with zero attached hydrogens (tertiary/aromatic N) is 2. The predicted molar refractivity (Wildman–Crippen MR) is 89.7 cm³/mol. The van der Waals surface area contributed by atoms with Gasteiger partial charge in [-0.3, -0.25) is 9.48 Å². The van der Waals surface area contributed by atoms with Crippen LogP contribution in [-0.4, -0.2) is 15.7 Å². The summed E-state index contributed by atoms with van der Waals surface area (Å²) in [6, 6.07) is 7.92. The third kappa shape index (κ3) is 3.70. The van der Waals surface area contributed by atoms with Gasteiger partial charge in [-0.25, -0.2) is 22.0 Å². The van der Waals surface area contributed by atoms with E-state index < -0.39 is 47.1 Å². The zero-order chi connectivity index (χ0) is 19.7. The van der Waals surface area contributed by atoms with E-state index in [2.05, 4.69) is 26.3 Å². The third-order valence-electron chi connectivity index (χ3n) is 3.62. The summed E-state index contributed by atoms with van der Waals surface area (Å²) in [5.74, 6) is -10.6.